The second kappa shape index (κ2) is 4.39. The van der Waals surface area contributed by atoms with Crippen LogP contribution in [-0.4, -0.2) is 12.2 Å². The number of rotatable bonds is 3. The SMILES string of the molecule is C=CC(C)c1cc(O)c(C)c(OC)c1C. The third-order valence-electron chi connectivity index (χ3n) is 2.84. The van der Waals surface area contributed by atoms with E-state index in [1.165, 1.54) is 0 Å². The Morgan fingerprint density at radius 2 is 2.00 bits per heavy atom. The van der Waals surface area contributed by atoms with Crippen LogP contribution in [-0.2, 0) is 0 Å². The first-order valence-electron chi connectivity index (χ1n) is 5.02. The Morgan fingerprint density at radius 3 is 2.47 bits per heavy atom. The van der Waals surface area contributed by atoms with Gasteiger partial charge in [-0.2, -0.15) is 0 Å². The molecule has 0 amide bonds. The quantitative estimate of drug-likeness (QED) is 0.769. The minimum Gasteiger partial charge on any atom is -0.508 e. The van der Waals surface area contributed by atoms with Crippen LogP contribution >= 0.6 is 0 Å². The van der Waals surface area contributed by atoms with Gasteiger partial charge < -0.3 is 9.84 Å². The fraction of sp³-hybridized carbons (Fsp3) is 0.385. The molecule has 0 heterocycles. The summed E-state index contributed by atoms with van der Waals surface area (Å²) < 4.78 is 5.30. The second-order valence-electron chi connectivity index (χ2n) is 3.79. The van der Waals surface area contributed by atoms with Gasteiger partial charge in [0.15, 0.2) is 0 Å². The van der Waals surface area contributed by atoms with E-state index in [1.54, 1.807) is 13.2 Å². The number of ether oxygens (including phenoxy) is 1. The van der Waals surface area contributed by atoms with E-state index < -0.39 is 0 Å². The van der Waals surface area contributed by atoms with Gasteiger partial charge in [0.05, 0.1) is 7.11 Å². The maximum atomic E-state index is 9.77. The molecule has 0 spiro atoms. The third kappa shape index (κ3) is 1.99. The molecule has 82 valence electrons. The number of aromatic hydroxyl groups is 1. The van der Waals surface area contributed by atoms with Crippen LogP contribution < -0.4 is 4.74 Å². The molecule has 1 N–H and O–H groups in total. The van der Waals surface area contributed by atoms with E-state index in [4.69, 9.17) is 4.74 Å². The van der Waals surface area contributed by atoms with E-state index in [2.05, 4.69) is 6.58 Å². The van der Waals surface area contributed by atoms with Crippen LogP contribution in [0.2, 0.25) is 0 Å². The molecule has 0 aromatic heterocycles. The predicted octanol–water partition coefficient (Wildman–Crippen LogP) is 3.31. The fourth-order valence-electron chi connectivity index (χ4n) is 1.80. The van der Waals surface area contributed by atoms with Crippen LogP contribution in [0.25, 0.3) is 0 Å². The van der Waals surface area contributed by atoms with E-state index in [0.29, 0.717) is 0 Å². The minimum atomic E-state index is 0.213. The van der Waals surface area contributed by atoms with Crippen LogP contribution in [0.4, 0.5) is 0 Å². The first-order chi connectivity index (χ1) is 7.02. The summed E-state index contributed by atoms with van der Waals surface area (Å²) in [5, 5.41) is 9.77. The summed E-state index contributed by atoms with van der Waals surface area (Å²) in [6.07, 6.45) is 1.86. The highest BCUT2D eigenvalue weighted by atomic mass is 16.5. The van der Waals surface area contributed by atoms with Gasteiger partial charge in [-0.3, -0.25) is 0 Å². The average Bonchev–Trinajstić information content (AvgIpc) is 2.23. The topological polar surface area (TPSA) is 29.5 Å². The lowest BCUT2D eigenvalue weighted by Crippen LogP contribution is -1.99. The molecule has 1 unspecified atom stereocenters. The lowest BCUT2D eigenvalue weighted by molar-refractivity contribution is 0.398. The first kappa shape index (κ1) is 11.6. The molecule has 0 fully saturated rings. The predicted molar refractivity (Wildman–Crippen MR) is 62.7 cm³/mol. The highest BCUT2D eigenvalue weighted by Crippen LogP contribution is 2.36. The van der Waals surface area contributed by atoms with Gasteiger partial charge in [0.25, 0.3) is 0 Å². The smallest absolute Gasteiger partial charge is 0.128 e. The van der Waals surface area contributed by atoms with Gasteiger partial charge in [0.1, 0.15) is 11.5 Å². The molecule has 1 aromatic rings. The van der Waals surface area contributed by atoms with Crippen LogP contribution in [0.15, 0.2) is 18.7 Å². The minimum absolute atomic E-state index is 0.213. The van der Waals surface area contributed by atoms with Crippen LogP contribution in [0.1, 0.15) is 29.5 Å². The van der Waals surface area contributed by atoms with Crippen molar-refractivity contribution in [1.29, 1.82) is 0 Å². The maximum absolute atomic E-state index is 9.77. The molecule has 1 atom stereocenters. The molecule has 0 aliphatic rings. The lowest BCUT2D eigenvalue weighted by atomic mass is 9.93. The Kier molecular flexibility index (Phi) is 3.40. The molecule has 0 saturated carbocycles. The van der Waals surface area contributed by atoms with Crippen LogP contribution in [0.5, 0.6) is 11.5 Å². The van der Waals surface area contributed by atoms with Gasteiger partial charge >= 0.3 is 0 Å². The third-order valence-corrected chi connectivity index (χ3v) is 2.84. The molecule has 0 saturated heterocycles. The number of phenols is 1. The molecule has 0 radical (unpaired) electrons. The summed E-state index contributed by atoms with van der Waals surface area (Å²) in [6.45, 7) is 9.66. The molecule has 1 aromatic carbocycles. The molecule has 0 aliphatic heterocycles. The van der Waals surface area contributed by atoms with E-state index >= 15 is 0 Å². The van der Waals surface area contributed by atoms with E-state index in [9.17, 15) is 5.11 Å². The Hall–Kier alpha value is -1.44. The zero-order valence-corrected chi connectivity index (χ0v) is 9.79. The van der Waals surface area contributed by atoms with E-state index in [0.717, 1.165) is 22.4 Å². The zero-order valence-electron chi connectivity index (χ0n) is 9.79. The largest absolute Gasteiger partial charge is 0.508 e. The van der Waals surface area contributed by atoms with Crippen molar-refractivity contribution in [3.8, 4) is 11.5 Å². The Morgan fingerprint density at radius 1 is 1.40 bits per heavy atom. The Bertz CT molecular complexity index is 381. The highest BCUT2D eigenvalue weighted by molar-refractivity contribution is 5.53. The summed E-state index contributed by atoms with van der Waals surface area (Å²) in [4.78, 5) is 0. The fourth-order valence-corrected chi connectivity index (χ4v) is 1.80. The normalized spacial score (nSPS) is 12.3. The second-order valence-corrected chi connectivity index (χ2v) is 3.79. The number of benzene rings is 1. The van der Waals surface area contributed by atoms with Crippen molar-refractivity contribution in [2.45, 2.75) is 26.7 Å². The van der Waals surface area contributed by atoms with Crippen molar-refractivity contribution in [3.63, 3.8) is 0 Å². The zero-order chi connectivity index (χ0) is 11.6. The lowest BCUT2D eigenvalue weighted by Gasteiger charge is -2.17. The van der Waals surface area contributed by atoms with Gasteiger partial charge in [0.2, 0.25) is 0 Å². The van der Waals surface area contributed by atoms with Gasteiger partial charge in [-0.15, -0.1) is 6.58 Å². The Balaban J connectivity index is 3.42. The summed E-state index contributed by atoms with van der Waals surface area (Å²) in [7, 11) is 1.62. The van der Waals surface area contributed by atoms with Gasteiger partial charge in [-0.05, 0) is 37.0 Å². The van der Waals surface area contributed by atoms with Gasteiger partial charge in [0, 0.05) is 5.56 Å². The monoisotopic (exact) mass is 206 g/mol. The number of phenolic OH excluding ortho intramolecular Hbond substituents is 1. The van der Waals surface area contributed by atoms with Crippen molar-refractivity contribution in [2.75, 3.05) is 7.11 Å². The van der Waals surface area contributed by atoms with Crippen molar-refractivity contribution >= 4 is 0 Å². The number of methoxy groups -OCH3 is 1. The van der Waals surface area contributed by atoms with E-state index in [1.807, 2.05) is 26.8 Å². The maximum Gasteiger partial charge on any atom is 0.128 e. The molecule has 15 heavy (non-hydrogen) atoms. The van der Waals surface area contributed by atoms with Gasteiger partial charge in [-0.25, -0.2) is 0 Å². The van der Waals surface area contributed by atoms with Crippen molar-refractivity contribution in [3.05, 3.63) is 35.4 Å². The highest BCUT2D eigenvalue weighted by Gasteiger charge is 2.14. The molecule has 2 nitrogen and oxygen atoms in total. The molecule has 0 bridgehead atoms. The molecule has 2 heteroatoms. The van der Waals surface area contributed by atoms with Crippen molar-refractivity contribution in [1.82, 2.24) is 0 Å². The summed E-state index contributed by atoms with van der Waals surface area (Å²) >= 11 is 0. The van der Waals surface area contributed by atoms with Crippen molar-refractivity contribution < 1.29 is 9.84 Å². The molecule has 1 rings (SSSR count). The number of hydrogen-bond acceptors (Lipinski definition) is 2. The molecule has 0 aliphatic carbocycles. The summed E-state index contributed by atoms with van der Waals surface area (Å²) in [5.41, 5.74) is 2.92. The first-order valence-corrected chi connectivity index (χ1v) is 5.02. The van der Waals surface area contributed by atoms with Crippen LogP contribution in [0, 0.1) is 13.8 Å². The molecular formula is C13H18O2. The van der Waals surface area contributed by atoms with E-state index in [-0.39, 0.29) is 11.7 Å². The Labute approximate surface area is 91.2 Å². The van der Waals surface area contributed by atoms with Gasteiger partial charge in [-0.1, -0.05) is 13.0 Å². The molecular weight excluding hydrogens is 188 g/mol. The standard InChI is InChI=1S/C13H18O2/c1-6-8(2)11-7-12(14)10(4)13(15-5)9(11)3/h6-8,14H,1H2,2-5H3. The number of allylic oxidation sites excluding steroid dienone is 1. The number of hydrogen-bond donors (Lipinski definition) is 1. The summed E-state index contributed by atoms with van der Waals surface area (Å²) in [5.74, 6) is 1.25. The van der Waals surface area contributed by atoms with Crippen molar-refractivity contribution in [2.24, 2.45) is 0 Å². The summed E-state index contributed by atoms with van der Waals surface area (Å²) in [6, 6.07) is 1.79. The van der Waals surface area contributed by atoms with Crippen LogP contribution in [0.3, 0.4) is 0 Å². The average molecular weight is 206 g/mol.